The SMILES string of the molecule is C/C=C/CN1CCN(C(=O)c2cc(Cn3c(=O)[nH]c(=O)c4ccccc43)ccc2F)C[C@@H]1C. The number of para-hydroxylation sites is 1. The van der Waals surface area contributed by atoms with Crippen LogP contribution in [-0.2, 0) is 6.54 Å². The highest BCUT2D eigenvalue weighted by Gasteiger charge is 2.28. The zero-order chi connectivity index (χ0) is 23.5. The number of hydrogen-bond donors (Lipinski definition) is 1. The summed E-state index contributed by atoms with van der Waals surface area (Å²) in [5.74, 6) is -0.947. The molecular weight excluding hydrogens is 423 g/mol. The predicted octanol–water partition coefficient (Wildman–Crippen LogP) is 2.60. The number of fused-ring (bicyclic) bond motifs is 1. The number of aromatic amines is 1. The van der Waals surface area contributed by atoms with E-state index >= 15 is 0 Å². The van der Waals surface area contributed by atoms with Gasteiger partial charge in [-0.1, -0.05) is 30.4 Å². The molecule has 1 aliphatic heterocycles. The van der Waals surface area contributed by atoms with Gasteiger partial charge in [-0.2, -0.15) is 0 Å². The van der Waals surface area contributed by atoms with Crippen molar-refractivity contribution in [2.45, 2.75) is 26.4 Å². The Labute approximate surface area is 190 Å². The molecule has 2 heterocycles. The molecule has 1 amide bonds. The molecule has 1 N–H and O–H groups in total. The Kier molecular flexibility index (Phi) is 6.55. The minimum atomic E-state index is -0.591. The second kappa shape index (κ2) is 9.54. The quantitative estimate of drug-likeness (QED) is 0.606. The number of carbonyl (C=O) groups is 1. The Morgan fingerprint density at radius 3 is 2.73 bits per heavy atom. The largest absolute Gasteiger partial charge is 0.336 e. The molecule has 0 radical (unpaired) electrons. The first-order chi connectivity index (χ1) is 15.9. The van der Waals surface area contributed by atoms with Crippen LogP contribution in [0.4, 0.5) is 4.39 Å². The van der Waals surface area contributed by atoms with Crippen LogP contribution in [0, 0.1) is 5.82 Å². The second-order valence-corrected chi connectivity index (χ2v) is 8.34. The summed E-state index contributed by atoms with van der Waals surface area (Å²) < 4.78 is 16.1. The van der Waals surface area contributed by atoms with Gasteiger partial charge >= 0.3 is 5.69 Å². The molecule has 1 aromatic heterocycles. The molecule has 0 unspecified atom stereocenters. The summed E-state index contributed by atoms with van der Waals surface area (Å²) in [6, 6.07) is 11.3. The molecule has 172 valence electrons. The number of benzene rings is 2. The van der Waals surface area contributed by atoms with Gasteiger partial charge in [-0.3, -0.25) is 24.0 Å². The van der Waals surface area contributed by atoms with Crippen molar-refractivity contribution in [3.8, 4) is 0 Å². The van der Waals surface area contributed by atoms with E-state index in [9.17, 15) is 18.8 Å². The molecule has 33 heavy (non-hydrogen) atoms. The fourth-order valence-corrected chi connectivity index (χ4v) is 4.28. The Balaban J connectivity index is 1.60. The normalized spacial score (nSPS) is 17.2. The van der Waals surface area contributed by atoms with Gasteiger partial charge in [-0.25, -0.2) is 9.18 Å². The van der Waals surface area contributed by atoms with Crippen LogP contribution in [0.1, 0.15) is 29.8 Å². The van der Waals surface area contributed by atoms with Crippen molar-refractivity contribution in [1.82, 2.24) is 19.4 Å². The van der Waals surface area contributed by atoms with Crippen LogP contribution in [-0.4, -0.2) is 57.5 Å². The first kappa shape index (κ1) is 22.7. The molecule has 7 nitrogen and oxygen atoms in total. The minimum absolute atomic E-state index is 0.0108. The Morgan fingerprint density at radius 1 is 1.18 bits per heavy atom. The van der Waals surface area contributed by atoms with E-state index in [0.29, 0.717) is 29.6 Å². The molecule has 3 aromatic rings. The van der Waals surface area contributed by atoms with E-state index in [1.807, 2.05) is 13.0 Å². The van der Waals surface area contributed by atoms with Crippen LogP contribution >= 0.6 is 0 Å². The first-order valence-electron chi connectivity index (χ1n) is 11.0. The summed E-state index contributed by atoms with van der Waals surface area (Å²) in [5, 5.41) is 0.389. The average molecular weight is 451 g/mol. The van der Waals surface area contributed by atoms with Gasteiger partial charge in [-0.05, 0) is 43.7 Å². The molecule has 1 saturated heterocycles. The number of aromatic nitrogens is 2. The molecule has 2 aromatic carbocycles. The molecular formula is C25H27FN4O3. The minimum Gasteiger partial charge on any atom is -0.336 e. The third-order valence-corrected chi connectivity index (χ3v) is 6.13. The van der Waals surface area contributed by atoms with Gasteiger partial charge in [0.05, 0.1) is 23.0 Å². The summed E-state index contributed by atoms with van der Waals surface area (Å²) in [7, 11) is 0. The zero-order valence-corrected chi connectivity index (χ0v) is 18.8. The van der Waals surface area contributed by atoms with Crippen molar-refractivity contribution in [3.05, 3.63) is 92.4 Å². The van der Waals surface area contributed by atoms with Crippen molar-refractivity contribution in [1.29, 1.82) is 0 Å². The molecule has 0 aliphatic carbocycles. The number of H-pyrrole nitrogens is 1. The van der Waals surface area contributed by atoms with Crippen molar-refractivity contribution in [3.63, 3.8) is 0 Å². The number of carbonyl (C=O) groups excluding carboxylic acids is 1. The number of halogens is 1. The monoisotopic (exact) mass is 450 g/mol. The maximum Gasteiger partial charge on any atom is 0.329 e. The third kappa shape index (κ3) is 4.66. The Hall–Kier alpha value is -3.52. The lowest BCUT2D eigenvalue weighted by molar-refractivity contribution is 0.0538. The van der Waals surface area contributed by atoms with Crippen molar-refractivity contribution in [2.75, 3.05) is 26.2 Å². The highest BCUT2D eigenvalue weighted by atomic mass is 19.1. The van der Waals surface area contributed by atoms with E-state index in [4.69, 9.17) is 0 Å². The molecule has 4 rings (SSSR count). The molecule has 0 saturated carbocycles. The molecule has 1 fully saturated rings. The third-order valence-electron chi connectivity index (χ3n) is 6.13. The fourth-order valence-electron chi connectivity index (χ4n) is 4.28. The summed E-state index contributed by atoms with van der Waals surface area (Å²) in [6.45, 7) is 6.72. The van der Waals surface area contributed by atoms with Gasteiger partial charge in [-0.15, -0.1) is 0 Å². The number of amides is 1. The number of rotatable bonds is 5. The van der Waals surface area contributed by atoms with Crippen molar-refractivity contribution < 1.29 is 9.18 Å². The van der Waals surface area contributed by atoms with Crippen molar-refractivity contribution >= 4 is 16.8 Å². The van der Waals surface area contributed by atoms with Crippen LogP contribution in [0.25, 0.3) is 10.9 Å². The van der Waals surface area contributed by atoms with E-state index in [1.54, 1.807) is 35.2 Å². The number of nitrogens with zero attached hydrogens (tertiary/aromatic N) is 3. The van der Waals surface area contributed by atoms with Gasteiger partial charge in [0.25, 0.3) is 11.5 Å². The number of nitrogens with one attached hydrogen (secondary N) is 1. The Morgan fingerprint density at radius 2 is 1.97 bits per heavy atom. The summed E-state index contributed by atoms with van der Waals surface area (Å²) in [4.78, 5) is 44.0. The van der Waals surface area contributed by atoms with Crippen LogP contribution < -0.4 is 11.2 Å². The van der Waals surface area contributed by atoms with E-state index in [2.05, 4.69) is 22.9 Å². The molecule has 0 spiro atoms. The van der Waals surface area contributed by atoms with Crippen LogP contribution in [0.3, 0.4) is 0 Å². The molecule has 8 heteroatoms. The van der Waals surface area contributed by atoms with Crippen LogP contribution in [0.5, 0.6) is 0 Å². The summed E-state index contributed by atoms with van der Waals surface area (Å²) in [6.07, 6.45) is 4.08. The molecule has 1 atom stereocenters. The maximum atomic E-state index is 14.7. The zero-order valence-electron chi connectivity index (χ0n) is 18.8. The van der Waals surface area contributed by atoms with Crippen molar-refractivity contribution in [2.24, 2.45) is 0 Å². The topological polar surface area (TPSA) is 78.4 Å². The van der Waals surface area contributed by atoms with Gasteiger partial charge in [0.15, 0.2) is 0 Å². The second-order valence-electron chi connectivity index (χ2n) is 8.34. The van der Waals surface area contributed by atoms with Gasteiger partial charge < -0.3 is 4.90 Å². The average Bonchev–Trinajstić information content (AvgIpc) is 2.81. The highest BCUT2D eigenvalue weighted by molar-refractivity contribution is 5.94. The summed E-state index contributed by atoms with van der Waals surface area (Å²) in [5.41, 5.74) is 0.0585. The van der Waals surface area contributed by atoms with Gasteiger partial charge in [0.2, 0.25) is 0 Å². The number of allylic oxidation sites excluding steroid dienone is 1. The van der Waals surface area contributed by atoms with E-state index in [1.165, 1.54) is 16.7 Å². The van der Waals surface area contributed by atoms with E-state index in [-0.39, 0.29) is 24.1 Å². The van der Waals surface area contributed by atoms with Gasteiger partial charge in [0, 0.05) is 32.2 Å². The van der Waals surface area contributed by atoms with Crippen LogP contribution in [0.2, 0.25) is 0 Å². The number of piperazine rings is 1. The van der Waals surface area contributed by atoms with E-state index < -0.39 is 17.1 Å². The van der Waals surface area contributed by atoms with Gasteiger partial charge in [0.1, 0.15) is 5.82 Å². The lowest BCUT2D eigenvalue weighted by atomic mass is 10.1. The smallest absolute Gasteiger partial charge is 0.329 e. The fraction of sp³-hybridized carbons (Fsp3) is 0.320. The van der Waals surface area contributed by atoms with Crippen LogP contribution in [0.15, 0.2) is 64.2 Å². The molecule has 1 aliphatic rings. The standard InChI is InChI=1S/C25H27FN4O3/c1-3-4-11-28-12-13-29(15-17(28)2)24(32)20-14-18(9-10-21(20)26)16-30-22-8-6-5-7-19(22)23(31)27-25(30)33/h3-10,14,17H,11-13,15-16H2,1-2H3,(H,27,31,33)/b4-3+/t17-/m0/s1. The first-order valence-corrected chi connectivity index (χ1v) is 11.0. The lowest BCUT2D eigenvalue weighted by Crippen LogP contribution is -2.53. The molecule has 0 bridgehead atoms. The number of hydrogen-bond acceptors (Lipinski definition) is 4. The highest BCUT2D eigenvalue weighted by Crippen LogP contribution is 2.18. The maximum absolute atomic E-state index is 14.7. The Bertz CT molecular complexity index is 1330. The van der Waals surface area contributed by atoms with E-state index in [0.717, 1.165) is 13.1 Å². The predicted molar refractivity (Wildman–Crippen MR) is 126 cm³/mol. The lowest BCUT2D eigenvalue weighted by Gasteiger charge is -2.39. The summed E-state index contributed by atoms with van der Waals surface area (Å²) >= 11 is 0.